The molecule has 2 N–H and O–H groups in total. The van der Waals surface area contributed by atoms with Crippen molar-refractivity contribution in [3.05, 3.63) is 11.2 Å². The van der Waals surface area contributed by atoms with Gasteiger partial charge in [0.2, 0.25) is 0 Å². The molecule has 0 atom stereocenters. The molecule has 0 saturated carbocycles. The minimum absolute atomic E-state index is 0.453. The third-order valence-electron chi connectivity index (χ3n) is 0.851. The number of amidine groups is 1. The highest BCUT2D eigenvalue weighted by Gasteiger charge is 1.86. The SMILES string of the molecule is C/C=C(Cl)/N=C(\N)CC. The van der Waals surface area contributed by atoms with Crippen molar-refractivity contribution < 1.29 is 0 Å². The zero-order chi connectivity index (χ0) is 7.28. The second-order valence-electron chi connectivity index (χ2n) is 1.57. The monoisotopic (exact) mass is 146 g/mol. The van der Waals surface area contributed by atoms with Gasteiger partial charge in [0.1, 0.15) is 11.0 Å². The van der Waals surface area contributed by atoms with Crippen molar-refractivity contribution in [2.24, 2.45) is 10.7 Å². The maximum Gasteiger partial charge on any atom is 0.126 e. The number of halogens is 1. The van der Waals surface area contributed by atoms with Crippen LogP contribution in [0.1, 0.15) is 20.3 Å². The summed E-state index contributed by atoms with van der Waals surface area (Å²) in [6, 6.07) is 0. The molecular weight excluding hydrogens is 136 g/mol. The predicted molar refractivity (Wildman–Crippen MR) is 41.5 cm³/mol. The van der Waals surface area contributed by atoms with Crippen LogP contribution in [-0.4, -0.2) is 5.84 Å². The minimum atomic E-state index is 0.453. The number of nitrogens with zero attached hydrogens (tertiary/aromatic N) is 1. The Morgan fingerprint density at radius 2 is 2.33 bits per heavy atom. The van der Waals surface area contributed by atoms with Crippen LogP contribution in [0.25, 0.3) is 0 Å². The largest absolute Gasteiger partial charge is 0.387 e. The van der Waals surface area contributed by atoms with Gasteiger partial charge in [0.05, 0.1) is 0 Å². The van der Waals surface area contributed by atoms with E-state index in [2.05, 4.69) is 4.99 Å². The molecule has 9 heavy (non-hydrogen) atoms. The van der Waals surface area contributed by atoms with Crippen molar-refractivity contribution >= 4 is 17.4 Å². The third-order valence-corrected chi connectivity index (χ3v) is 1.15. The number of rotatable bonds is 2. The molecule has 0 aromatic rings. The molecule has 0 amide bonds. The van der Waals surface area contributed by atoms with Crippen LogP contribution in [0.2, 0.25) is 0 Å². The van der Waals surface area contributed by atoms with Crippen LogP contribution < -0.4 is 5.73 Å². The van der Waals surface area contributed by atoms with Crippen LogP contribution in [0.15, 0.2) is 16.2 Å². The number of hydrogen-bond acceptors (Lipinski definition) is 1. The second kappa shape index (κ2) is 4.39. The van der Waals surface area contributed by atoms with E-state index in [9.17, 15) is 0 Å². The van der Waals surface area contributed by atoms with E-state index in [0.717, 1.165) is 6.42 Å². The summed E-state index contributed by atoms with van der Waals surface area (Å²) in [6.45, 7) is 3.74. The Balaban J connectivity index is 3.95. The van der Waals surface area contributed by atoms with Crippen molar-refractivity contribution in [1.82, 2.24) is 0 Å². The molecule has 0 spiro atoms. The zero-order valence-electron chi connectivity index (χ0n) is 5.69. The summed E-state index contributed by atoms with van der Waals surface area (Å²) in [6.07, 6.45) is 2.44. The number of nitrogens with two attached hydrogens (primary N) is 1. The first-order chi connectivity index (χ1) is 4.20. The Bertz CT molecular complexity index is 138. The number of hydrogen-bond donors (Lipinski definition) is 1. The van der Waals surface area contributed by atoms with Crippen LogP contribution in [-0.2, 0) is 0 Å². The molecule has 0 radical (unpaired) electrons. The van der Waals surface area contributed by atoms with Gasteiger partial charge in [-0.25, -0.2) is 4.99 Å². The maximum atomic E-state index is 5.53. The maximum absolute atomic E-state index is 5.53. The first-order valence-corrected chi connectivity index (χ1v) is 3.23. The van der Waals surface area contributed by atoms with Crippen LogP contribution in [0.5, 0.6) is 0 Å². The Kier molecular flexibility index (Phi) is 4.14. The smallest absolute Gasteiger partial charge is 0.126 e. The molecular formula is C6H11ClN2. The van der Waals surface area contributed by atoms with Crippen molar-refractivity contribution in [3.8, 4) is 0 Å². The molecule has 52 valence electrons. The minimum Gasteiger partial charge on any atom is -0.387 e. The molecule has 0 aliphatic rings. The Hall–Kier alpha value is -0.500. The van der Waals surface area contributed by atoms with Gasteiger partial charge in [-0.2, -0.15) is 0 Å². The van der Waals surface area contributed by atoms with Crippen LogP contribution in [0.3, 0.4) is 0 Å². The van der Waals surface area contributed by atoms with Gasteiger partial charge in [0.25, 0.3) is 0 Å². The van der Waals surface area contributed by atoms with E-state index in [1.54, 1.807) is 6.08 Å². The summed E-state index contributed by atoms with van der Waals surface area (Å²) in [5, 5.41) is 0.453. The molecule has 0 aromatic heterocycles. The highest BCUT2D eigenvalue weighted by atomic mass is 35.5. The molecule has 0 aromatic carbocycles. The summed E-state index contributed by atoms with van der Waals surface area (Å²) in [5.41, 5.74) is 5.37. The van der Waals surface area contributed by atoms with E-state index in [1.807, 2.05) is 13.8 Å². The van der Waals surface area contributed by atoms with Crippen LogP contribution in [0.4, 0.5) is 0 Å². The van der Waals surface area contributed by atoms with E-state index in [0.29, 0.717) is 11.0 Å². The summed E-state index contributed by atoms with van der Waals surface area (Å²) in [5.74, 6) is 0.568. The highest BCUT2D eigenvalue weighted by molar-refractivity contribution is 6.29. The first kappa shape index (κ1) is 8.50. The van der Waals surface area contributed by atoms with Gasteiger partial charge in [-0.1, -0.05) is 24.6 Å². The van der Waals surface area contributed by atoms with Gasteiger partial charge in [-0.05, 0) is 6.92 Å². The number of aliphatic imine (C=N–C) groups is 1. The van der Waals surface area contributed by atoms with E-state index in [-0.39, 0.29) is 0 Å². The third kappa shape index (κ3) is 4.03. The van der Waals surface area contributed by atoms with Gasteiger partial charge in [0, 0.05) is 6.42 Å². The predicted octanol–water partition coefficient (Wildman–Crippen LogP) is 1.85. The second-order valence-corrected chi connectivity index (χ2v) is 1.96. The van der Waals surface area contributed by atoms with Gasteiger partial charge in [-0.15, -0.1) is 0 Å². The lowest BCUT2D eigenvalue weighted by molar-refractivity contribution is 1.23. The fraction of sp³-hybridized carbons (Fsp3) is 0.500. The van der Waals surface area contributed by atoms with Gasteiger partial charge in [0.15, 0.2) is 0 Å². The van der Waals surface area contributed by atoms with Gasteiger partial charge >= 0.3 is 0 Å². The van der Waals surface area contributed by atoms with E-state index in [1.165, 1.54) is 0 Å². The molecule has 3 heteroatoms. The zero-order valence-corrected chi connectivity index (χ0v) is 6.44. The van der Waals surface area contributed by atoms with E-state index < -0.39 is 0 Å². The van der Waals surface area contributed by atoms with Crippen molar-refractivity contribution in [3.63, 3.8) is 0 Å². The van der Waals surface area contributed by atoms with Gasteiger partial charge < -0.3 is 5.73 Å². The normalized spacial score (nSPS) is 14.1. The molecule has 0 unspecified atom stereocenters. The molecule has 0 heterocycles. The van der Waals surface area contributed by atoms with Crippen molar-refractivity contribution in [2.45, 2.75) is 20.3 Å². The fourth-order valence-electron chi connectivity index (χ4n) is 0.281. The summed E-state index contributed by atoms with van der Waals surface area (Å²) >= 11 is 5.53. The average molecular weight is 147 g/mol. The molecule has 2 nitrogen and oxygen atoms in total. The molecule has 0 saturated heterocycles. The van der Waals surface area contributed by atoms with Crippen molar-refractivity contribution in [1.29, 1.82) is 0 Å². The average Bonchev–Trinajstić information content (AvgIpc) is 1.87. The lowest BCUT2D eigenvalue weighted by Crippen LogP contribution is -2.08. The molecule has 0 rings (SSSR count). The quantitative estimate of drug-likeness (QED) is 0.361. The standard InChI is InChI=1S/C6H11ClN2/c1-3-5(7)9-6(8)4-2/h3H,4H2,1-2H3,(H2,8,9)/b5-3+. The van der Waals surface area contributed by atoms with Crippen LogP contribution in [0, 0.1) is 0 Å². The number of allylic oxidation sites excluding steroid dienone is 1. The van der Waals surface area contributed by atoms with E-state index >= 15 is 0 Å². The Morgan fingerprint density at radius 3 is 2.67 bits per heavy atom. The summed E-state index contributed by atoms with van der Waals surface area (Å²) in [7, 11) is 0. The van der Waals surface area contributed by atoms with Crippen LogP contribution >= 0.6 is 11.6 Å². The summed E-state index contributed by atoms with van der Waals surface area (Å²) < 4.78 is 0. The molecule has 0 aliphatic heterocycles. The van der Waals surface area contributed by atoms with Gasteiger partial charge in [-0.3, -0.25) is 0 Å². The molecule has 0 fully saturated rings. The Morgan fingerprint density at radius 1 is 1.78 bits per heavy atom. The molecule has 0 bridgehead atoms. The lowest BCUT2D eigenvalue weighted by atomic mass is 10.4. The Labute approximate surface area is 60.4 Å². The topological polar surface area (TPSA) is 38.4 Å². The van der Waals surface area contributed by atoms with E-state index in [4.69, 9.17) is 17.3 Å². The summed E-state index contributed by atoms with van der Waals surface area (Å²) in [4.78, 5) is 3.83. The fourth-order valence-corrected chi connectivity index (χ4v) is 0.389. The first-order valence-electron chi connectivity index (χ1n) is 2.85. The molecule has 0 aliphatic carbocycles. The van der Waals surface area contributed by atoms with Crippen molar-refractivity contribution in [2.75, 3.05) is 0 Å². The highest BCUT2D eigenvalue weighted by Crippen LogP contribution is 2.01. The lowest BCUT2D eigenvalue weighted by Gasteiger charge is -1.91.